The second kappa shape index (κ2) is 5.98. The topological polar surface area (TPSA) is 88.0 Å². The van der Waals surface area contributed by atoms with Crippen LogP contribution in [0.2, 0.25) is 0 Å². The molecule has 0 aliphatic heterocycles. The Hall–Kier alpha value is -2.67. The molecule has 3 aromatic heterocycles. The van der Waals surface area contributed by atoms with Gasteiger partial charge in [0.25, 0.3) is 11.5 Å². The summed E-state index contributed by atoms with van der Waals surface area (Å²) in [7, 11) is 0. The number of nitrogens with zero attached hydrogens (tertiary/aromatic N) is 1. The first-order valence-corrected chi connectivity index (χ1v) is 7.43. The number of carbonyl (C=O) groups is 1. The van der Waals surface area contributed by atoms with Gasteiger partial charge < -0.3 is 14.7 Å². The number of nitrogens with one attached hydrogen (secondary N) is 2. The van der Waals surface area contributed by atoms with Gasteiger partial charge in [0, 0.05) is 11.1 Å². The highest BCUT2D eigenvalue weighted by Crippen LogP contribution is 2.28. The van der Waals surface area contributed by atoms with Gasteiger partial charge in [-0.05, 0) is 31.2 Å². The molecule has 3 aromatic rings. The van der Waals surface area contributed by atoms with Crippen LogP contribution in [0.5, 0.6) is 0 Å². The summed E-state index contributed by atoms with van der Waals surface area (Å²) in [5.74, 6) is 0.291. The Morgan fingerprint density at radius 3 is 3.00 bits per heavy atom. The predicted octanol–water partition coefficient (Wildman–Crippen LogP) is 2.33. The average molecular weight is 315 g/mol. The zero-order valence-corrected chi connectivity index (χ0v) is 12.6. The molecule has 0 saturated carbocycles. The third kappa shape index (κ3) is 2.84. The number of pyridine rings is 1. The van der Waals surface area contributed by atoms with Gasteiger partial charge in [-0.2, -0.15) is 0 Å². The fourth-order valence-electron chi connectivity index (χ4n) is 1.95. The van der Waals surface area contributed by atoms with E-state index in [2.05, 4.69) is 15.3 Å². The van der Waals surface area contributed by atoms with E-state index in [1.165, 1.54) is 23.6 Å². The molecule has 6 nitrogen and oxygen atoms in total. The van der Waals surface area contributed by atoms with Crippen molar-refractivity contribution in [2.24, 2.45) is 0 Å². The maximum atomic E-state index is 12.0. The van der Waals surface area contributed by atoms with Crippen molar-refractivity contribution in [3.63, 3.8) is 0 Å². The molecular formula is C15H13N3O3S. The van der Waals surface area contributed by atoms with Crippen molar-refractivity contribution < 1.29 is 9.21 Å². The van der Waals surface area contributed by atoms with E-state index in [9.17, 15) is 9.59 Å². The highest BCUT2D eigenvalue weighted by molar-refractivity contribution is 7.15. The molecule has 3 heterocycles. The molecule has 0 aliphatic carbocycles. The van der Waals surface area contributed by atoms with Crippen LogP contribution in [0.1, 0.15) is 20.9 Å². The molecule has 0 aromatic carbocycles. The molecule has 0 aliphatic rings. The lowest BCUT2D eigenvalue weighted by Gasteiger charge is -2.03. The summed E-state index contributed by atoms with van der Waals surface area (Å²) in [6, 6.07) is 6.74. The molecule has 22 heavy (non-hydrogen) atoms. The Morgan fingerprint density at radius 2 is 2.27 bits per heavy atom. The van der Waals surface area contributed by atoms with E-state index >= 15 is 0 Å². The van der Waals surface area contributed by atoms with Gasteiger partial charge in [0.1, 0.15) is 5.56 Å². The van der Waals surface area contributed by atoms with Crippen molar-refractivity contribution in [2.45, 2.75) is 13.5 Å². The second-order valence-electron chi connectivity index (χ2n) is 4.60. The zero-order chi connectivity index (χ0) is 15.5. The van der Waals surface area contributed by atoms with Gasteiger partial charge in [0.2, 0.25) is 0 Å². The van der Waals surface area contributed by atoms with Gasteiger partial charge in [-0.1, -0.05) is 0 Å². The van der Waals surface area contributed by atoms with Crippen LogP contribution in [-0.2, 0) is 6.54 Å². The predicted molar refractivity (Wildman–Crippen MR) is 82.8 cm³/mol. The fourth-order valence-corrected chi connectivity index (χ4v) is 2.92. The minimum atomic E-state index is -0.408. The summed E-state index contributed by atoms with van der Waals surface area (Å²) >= 11 is 1.45. The number of furan rings is 1. The number of rotatable bonds is 4. The summed E-state index contributed by atoms with van der Waals surface area (Å²) in [6.07, 6.45) is 3.08. The summed E-state index contributed by atoms with van der Waals surface area (Å²) in [6.45, 7) is 2.19. The number of thiazole rings is 1. The molecule has 2 N–H and O–H groups in total. The van der Waals surface area contributed by atoms with Crippen LogP contribution in [0.15, 0.2) is 45.9 Å². The van der Waals surface area contributed by atoms with Gasteiger partial charge in [-0.15, -0.1) is 11.3 Å². The van der Waals surface area contributed by atoms with Crippen molar-refractivity contribution in [3.05, 3.63) is 63.2 Å². The van der Waals surface area contributed by atoms with E-state index in [1.807, 2.05) is 13.0 Å². The number of H-pyrrole nitrogens is 1. The summed E-state index contributed by atoms with van der Waals surface area (Å²) in [5, 5.41) is 3.50. The van der Waals surface area contributed by atoms with Crippen LogP contribution in [0.3, 0.4) is 0 Å². The number of amides is 1. The Kier molecular flexibility index (Phi) is 3.88. The lowest BCUT2D eigenvalue weighted by molar-refractivity contribution is 0.0949. The van der Waals surface area contributed by atoms with Crippen LogP contribution in [0.4, 0.5) is 0 Å². The summed E-state index contributed by atoms with van der Waals surface area (Å²) < 4.78 is 5.31. The first-order chi connectivity index (χ1) is 10.6. The van der Waals surface area contributed by atoms with Crippen molar-refractivity contribution in [1.82, 2.24) is 15.3 Å². The fraction of sp³-hybridized carbons (Fsp3) is 0.133. The first-order valence-electron chi connectivity index (χ1n) is 6.61. The van der Waals surface area contributed by atoms with Gasteiger partial charge in [-0.3, -0.25) is 9.59 Å². The van der Waals surface area contributed by atoms with E-state index in [0.717, 1.165) is 15.6 Å². The lowest BCUT2D eigenvalue weighted by Crippen LogP contribution is -2.28. The third-order valence-corrected chi connectivity index (χ3v) is 4.27. The molecule has 0 fully saturated rings. The first kappa shape index (κ1) is 14.3. The third-order valence-electron chi connectivity index (χ3n) is 3.10. The van der Waals surface area contributed by atoms with E-state index < -0.39 is 11.5 Å². The number of aryl methyl sites for hydroxylation is 1. The smallest absolute Gasteiger partial charge is 0.260 e. The van der Waals surface area contributed by atoms with Crippen molar-refractivity contribution >= 4 is 17.2 Å². The maximum absolute atomic E-state index is 12.0. The van der Waals surface area contributed by atoms with Crippen LogP contribution in [0.25, 0.3) is 10.8 Å². The van der Waals surface area contributed by atoms with E-state index in [0.29, 0.717) is 12.3 Å². The number of hydrogen-bond acceptors (Lipinski definition) is 5. The number of aromatic nitrogens is 2. The molecule has 0 spiro atoms. The van der Waals surface area contributed by atoms with Gasteiger partial charge in [0.15, 0.2) is 10.8 Å². The molecular weight excluding hydrogens is 302 g/mol. The maximum Gasteiger partial charge on any atom is 0.260 e. The van der Waals surface area contributed by atoms with Crippen LogP contribution >= 0.6 is 11.3 Å². The highest BCUT2D eigenvalue weighted by atomic mass is 32.1. The minimum absolute atomic E-state index is 0.0935. The number of carbonyl (C=O) groups excluding carboxylic acids is 1. The van der Waals surface area contributed by atoms with Crippen LogP contribution < -0.4 is 10.9 Å². The molecule has 0 radical (unpaired) electrons. The SMILES string of the molecule is Cc1nc(-c2ccco2)sc1CNC(=O)c1ccc[nH]c1=O. The van der Waals surface area contributed by atoms with Gasteiger partial charge in [0.05, 0.1) is 18.5 Å². The Balaban J connectivity index is 1.73. The average Bonchev–Trinajstić information content (AvgIpc) is 3.15. The van der Waals surface area contributed by atoms with E-state index in [1.54, 1.807) is 18.4 Å². The normalized spacial score (nSPS) is 10.6. The van der Waals surface area contributed by atoms with Gasteiger partial charge in [-0.25, -0.2) is 4.98 Å². The standard InChI is InChI=1S/C15H13N3O3S/c1-9-12(22-15(18-9)11-5-3-7-21-11)8-17-14(20)10-4-2-6-16-13(10)19/h2-7H,8H2,1H3,(H,16,19)(H,17,20). The summed E-state index contributed by atoms with van der Waals surface area (Å²) in [5.41, 5.74) is 0.520. The molecule has 0 unspecified atom stereocenters. The highest BCUT2D eigenvalue weighted by Gasteiger charge is 2.14. The van der Waals surface area contributed by atoms with E-state index in [4.69, 9.17) is 4.42 Å². The molecule has 0 bridgehead atoms. The Morgan fingerprint density at radius 1 is 1.41 bits per heavy atom. The molecule has 0 atom stereocenters. The molecule has 0 saturated heterocycles. The van der Waals surface area contributed by atoms with Crippen molar-refractivity contribution in [3.8, 4) is 10.8 Å². The number of aromatic amines is 1. The molecule has 112 valence electrons. The summed E-state index contributed by atoms with van der Waals surface area (Å²) in [4.78, 5) is 31.4. The largest absolute Gasteiger partial charge is 0.462 e. The quantitative estimate of drug-likeness (QED) is 0.773. The van der Waals surface area contributed by atoms with Crippen molar-refractivity contribution in [1.29, 1.82) is 0 Å². The second-order valence-corrected chi connectivity index (χ2v) is 5.68. The minimum Gasteiger partial charge on any atom is -0.462 e. The van der Waals surface area contributed by atoms with Crippen molar-refractivity contribution in [2.75, 3.05) is 0 Å². The number of hydrogen-bond donors (Lipinski definition) is 2. The van der Waals surface area contributed by atoms with Crippen LogP contribution in [-0.4, -0.2) is 15.9 Å². The van der Waals surface area contributed by atoms with Gasteiger partial charge >= 0.3 is 0 Å². The Labute approximate surface area is 129 Å². The Bertz CT molecular complexity index is 849. The van der Waals surface area contributed by atoms with E-state index in [-0.39, 0.29) is 5.56 Å². The zero-order valence-electron chi connectivity index (χ0n) is 11.8. The molecule has 7 heteroatoms. The van der Waals surface area contributed by atoms with Crippen LogP contribution in [0, 0.1) is 6.92 Å². The molecule has 3 rings (SSSR count). The molecule has 1 amide bonds. The monoisotopic (exact) mass is 315 g/mol. The lowest BCUT2D eigenvalue weighted by atomic mass is 10.2.